The Morgan fingerprint density at radius 2 is 1.90 bits per heavy atom. The fraction of sp³-hybridized carbons (Fsp3) is 0.625. The van der Waals surface area contributed by atoms with E-state index in [1.165, 1.54) is 32.4 Å². The Morgan fingerprint density at radius 1 is 1.24 bits per heavy atom. The van der Waals surface area contributed by atoms with Gasteiger partial charge in [0.2, 0.25) is 0 Å². The van der Waals surface area contributed by atoms with E-state index in [2.05, 4.69) is 17.1 Å². The average molecular weight is 291 g/mol. The molecule has 1 aliphatic rings. The van der Waals surface area contributed by atoms with Crippen molar-refractivity contribution in [3.8, 4) is 0 Å². The molecule has 116 valence electrons. The molecule has 2 rings (SSSR count). The highest BCUT2D eigenvalue weighted by atomic mass is 16.6. The Balaban J connectivity index is 1.65. The van der Waals surface area contributed by atoms with Crippen molar-refractivity contribution in [1.29, 1.82) is 0 Å². The molecule has 1 heterocycles. The van der Waals surface area contributed by atoms with E-state index in [1.807, 2.05) is 12.1 Å². The molecule has 0 saturated carbocycles. The van der Waals surface area contributed by atoms with E-state index >= 15 is 0 Å². The summed E-state index contributed by atoms with van der Waals surface area (Å²) in [4.78, 5) is 12.8. The highest BCUT2D eigenvalue weighted by Crippen LogP contribution is 2.13. The summed E-state index contributed by atoms with van der Waals surface area (Å²) in [5.74, 6) is 0. The van der Waals surface area contributed by atoms with E-state index in [4.69, 9.17) is 0 Å². The summed E-state index contributed by atoms with van der Waals surface area (Å²) < 4.78 is 0. The van der Waals surface area contributed by atoms with Crippen molar-refractivity contribution >= 4 is 5.69 Å². The molecule has 1 aliphatic heterocycles. The molecule has 0 radical (unpaired) electrons. The molecule has 0 aromatic heterocycles. The normalized spacial score (nSPS) is 17.6. The van der Waals surface area contributed by atoms with Gasteiger partial charge in [0.05, 0.1) is 4.92 Å². The van der Waals surface area contributed by atoms with Crippen molar-refractivity contribution in [2.75, 3.05) is 26.2 Å². The Bertz CT molecular complexity index is 441. The second-order valence-electron chi connectivity index (χ2n) is 5.82. The Kier molecular flexibility index (Phi) is 6.14. The molecule has 0 amide bonds. The number of non-ortho nitro benzene ring substituents is 1. The summed E-state index contributed by atoms with van der Waals surface area (Å²) in [5, 5.41) is 14.1. The summed E-state index contributed by atoms with van der Waals surface area (Å²) in [6.07, 6.45) is 4.93. The fourth-order valence-electron chi connectivity index (χ4n) is 2.82. The molecular weight excluding hydrogens is 266 g/mol. The van der Waals surface area contributed by atoms with Gasteiger partial charge in [-0.2, -0.15) is 0 Å². The lowest BCUT2D eigenvalue weighted by atomic mass is 10.1. The van der Waals surface area contributed by atoms with Crippen molar-refractivity contribution in [3.05, 3.63) is 39.9 Å². The zero-order valence-electron chi connectivity index (χ0n) is 12.8. The molecule has 1 fully saturated rings. The molecule has 1 N–H and O–H groups in total. The maximum atomic E-state index is 10.6. The van der Waals surface area contributed by atoms with Gasteiger partial charge in [0.1, 0.15) is 0 Å². The number of nitrogens with one attached hydrogen (secondary N) is 1. The number of nitro groups is 1. The van der Waals surface area contributed by atoms with E-state index in [1.54, 1.807) is 12.1 Å². The second-order valence-corrected chi connectivity index (χ2v) is 5.82. The molecule has 5 heteroatoms. The van der Waals surface area contributed by atoms with Gasteiger partial charge in [-0.1, -0.05) is 18.6 Å². The monoisotopic (exact) mass is 291 g/mol. The molecule has 1 atom stereocenters. The highest BCUT2D eigenvalue weighted by molar-refractivity contribution is 5.32. The van der Waals surface area contributed by atoms with Crippen LogP contribution in [-0.2, 0) is 6.42 Å². The van der Waals surface area contributed by atoms with Crippen LogP contribution in [0.4, 0.5) is 5.69 Å². The van der Waals surface area contributed by atoms with Crippen LogP contribution in [0.15, 0.2) is 24.3 Å². The molecule has 0 aliphatic carbocycles. The van der Waals surface area contributed by atoms with E-state index in [-0.39, 0.29) is 10.6 Å². The predicted molar refractivity (Wildman–Crippen MR) is 84.6 cm³/mol. The van der Waals surface area contributed by atoms with E-state index in [9.17, 15) is 10.1 Å². The lowest BCUT2D eigenvalue weighted by Crippen LogP contribution is -2.43. The van der Waals surface area contributed by atoms with E-state index in [0.717, 1.165) is 25.1 Å². The van der Waals surface area contributed by atoms with Crippen molar-refractivity contribution in [3.63, 3.8) is 0 Å². The zero-order valence-corrected chi connectivity index (χ0v) is 12.8. The Morgan fingerprint density at radius 3 is 2.52 bits per heavy atom. The molecule has 21 heavy (non-hydrogen) atoms. The minimum atomic E-state index is -0.359. The van der Waals surface area contributed by atoms with E-state index in [0.29, 0.717) is 6.04 Å². The van der Waals surface area contributed by atoms with Crippen LogP contribution in [0.5, 0.6) is 0 Å². The summed E-state index contributed by atoms with van der Waals surface area (Å²) in [6, 6.07) is 7.42. The first kappa shape index (κ1) is 15.9. The van der Waals surface area contributed by atoms with Crippen LogP contribution in [0.2, 0.25) is 0 Å². The van der Waals surface area contributed by atoms with Crippen LogP contribution in [0.1, 0.15) is 31.7 Å². The van der Waals surface area contributed by atoms with E-state index < -0.39 is 0 Å². The lowest BCUT2D eigenvalue weighted by Gasteiger charge is -2.32. The first-order valence-electron chi connectivity index (χ1n) is 7.85. The molecular formula is C16H25N3O2. The van der Waals surface area contributed by atoms with Gasteiger partial charge in [0, 0.05) is 24.7 Å². The zero-order chi connectivity index (χ0) is 15.1. The molecule has 1 aromatic rings. The van der Waals surface area contributed by atoms with Crippen molar-refractivity contribution in [2.24, 2.45) is 0 Å². The number of nitrogens with zero attached hydrogens (tertiary/aromatic N) is 2. The average Bonchev–Trinajstić information content (AvgIpc) is 2.52. The number of hydrogen-bond acceptors (Lipinski definition) is 4. The largest absolute Gasteiger partial charge is 0.315 e. The van der Waals surface area contributed by atoms with Crippen LogP contribution >= 0.6 is 0 Å². The van der Waals surface area contributed by atoms with Gasteiger partial charge in [-0.15, -0.1) is 0 Å². The summed E-state index contributed by atoms with van der Waals surface area (Å²) in [5.41, 5.74) is 1.30. The third-order valence-corrected chi connectivity index (χ3v) is 4.19. The van der Waals surface area contributed by atoms with Gasteiger partial charge >= 0.3 is 0 Å². The van der Waals surface area contributed by atoms with Gasteiger partial charge in [0.15, 0.2) is 0 Å². The first-order valence-corrected chi connectivity index (χ1v) is 7.85. The number of nitro benzene ring substituents is 1. The van der Waals surface area contributed by atoms with Crippen LogP contribution in [-0.4, -0.2) is 42.0 Å². The predicted octanol–water partition coefficient (Wildman–Crippen LogP) is 2.60. The standard InChI is InChI=1S/C16H25N3O2/c1-14(18-11-3-2-4-12-18)13-17-10-9-15-5-7-16(8-6-15)19(20)21/h5-8,14,17H,2-4,9-13H2,1H3. The second kappa shape index (κ2) is 8.10. The molecule has 0 bridgehead atoms. The van der Waals surface area contributed by atoms with Crippen LogP contribution in [0, 0.1) is 10.1 Å². The minimum Gasteiger partial charge on any atom is -0.315 e. The van der Waals surface area contributed by atoms with Gasteiger partial charge in [-0.25, -0.2) is 0 Å². The Hall–Kier alpha value is -1.46. The summed E-state index contributed by atoms with van der Waals surface area (Å²) >= 11 is 0. The number of benzene rings is 1. The highest BCUT2D eigenvalue weighted by Gasteiger charge is 2.15. The van der Waals surface area contributed by atoms with Crippen molar-refractivity contribution in [2.45, 2.75) is 38.6 Å². The van der Waals surface area contributed by atoms with Crippen molar-refractivity contribution in [1.82, 2.24) is 10.2 Å². The van der Waals surface area contributed by atoms with Crippen LogP contribution < -0.4 is 5.32 Å². The maximum Gasteiger partial charge on any atom is 0.269 e. The summed E-state index contributed by atoms with van der Waals surface area (Å²) in [6.45, 7) is 6.66. The summed E-state index contributed by atoms with van der Waals surface area (Å²) in [7, 11) is 0. The third kappa shape index (κ3) is 5.10. The number of piperidine rings is 1. The topological polar surface area (TPSA) is 58.4 Å². The molecule has 0 spiro atoms. The SMILES string of the molecule is CC(CNCCc1ccc([N+](=O)[O-])cc1)N1CCCCC1. The smallest absolute Gasteiger partial charge is 0.269 e. The third-order valence-electron chi connectivity index (χ3n) is 4.19. The molecule has 1 unspecified atom stereocenters. The van der Waals surface area contributed by atoms with Gasteiger partial charge in [-0.3, -0.25) is 15.0 Å². The van der Waals surface area contributed by atoms with Crippen molar-refractivity contribution < 1.29 is 4.92 Å². The minimum absolute atomic E-state index is 0.158. The molecule has 1 aromatic carbocycles. The first-order chi connectivity index (χ1) is 10.2. The van der Waals surface area contributed by atoms with Crippen LogP contribution in [0.25, 0.3) is 0 Å². The maximum absolute atomic E-state index is 10.6. The number of hydrogen-bond donors (Lipinski definition) is 1. The lowest BCUT2D eigenvalue weighted by molar-refractivity contribution is -0.384. The fourth-order valence-corrected chi connectivity index (χ4v) is 2.82. The van der Waals surface area contributed by atoms with Crippen LogP contribution in [0.3, 0.4) is 0 Å². The van der Waals surface area contributed by atoms with Gasteiger partial charge in [-0.05, 0) is 51.4 Å². The van der Waals surface area contributed by atoms with Gasteiger partial charge in [0.25, 0.3) is 5.69 Å². The molecule has 1 saturated heterocycles. The number of rotatable bonds is 7. The Labute approximate surface area is 126 Å². The number of likely N-dealkylation sites (tertiary alicyclic amines) is 1. The molecule has 5 nitrogen and oxygen atoms in total. The quantitative estimate of drug-likeness (QED) is 0.476. The van der Waals surface area contributed by atoms with Gasteiger partial charge < -0.3 is 5.32 Å².